The van der Waals surface area contributed by atoms with Crippen LogP contribution in [0.4, 0.5) is 0 Å². The highest BCUT2D eigenvalue weighted by molar-refractivity contribution is 7.80. The molecule has 0 radical (unpaired) electrons. The number of hydrogen-bond donors (Lipinski definition) is 3. The molecule has 2 N–H and O–H groups in total. The van der Waals surface area contributed by atoms with E-state index < -0.39 is 0 Å². The summed E-state index contributed by atoms with van der Waals surface area (Å²) in [4.78, 5) is 11.1. The number of hydrogen-bond acceptors (Lipinski definition) is 4. The number of ketones is 1. The van der Waals surface area contributed by atoms with E-state index in [0.29, 0.717) is 0 Å². The van der Waals surface area contributed by atoms with Crippen LogP contribution < -0.4 is 0 Å². The smallest absolute Gasteiger partial charge is 0.163 e. The van der Waals surface area contributed by atoms with Crippen LogP contribution in [0.1, 0.15) is 31.1 Å². The Morgan fingerprint density at radius 1 is 1.29 bits per heavy atom. The topological polar surface area (TPSA) is 57.5 Å². The van der Waals surface area contributed by atoms with E-state index >= 15 is 0 Å². The fraction of sp³-hybridized carbons (Fsp3) is 0.300. The first-order valence-corrected chi connectivity index (χ1v) is 4.73. The molecule has 0 aliphatic heterocycles. The van der Waals surface area contributed by atoms with Crippen molar-refractivity contribution >= 4 is 18.4 Å². The Morgan fingerprint density at radius 3 is 2.21 bits per heavy atom. The number of benzene rings is 1. The predicted octanol–water partition coefficient (Wildman–Crippen LogP) is 2.62. The van der Waals surface area contributed by atoms with Crippen molar-refractivity contribution in [1.82, 2.24) is 0 Å². The van der Waals surface area contributed by atoms with Crippen molar-refractivity contribution in [3.8, 4) is 11.5 Å². The molecular formula is C10H14O3S. The second-order valence-electron chi connectivity index (χ2n) is 2.42. The van der Waals surface area contributed by atoms with Gasteiger partial charge in [-0.25, -0.2) is 0 Å². The van der Waals surface area contributed by atoms with Crippen molar-refractivity contribution in [1.29, 1.82) is 0 Å². The van der Waals surface area contributed by atoms with Gasteiger partial charge in [-0.3, -0.25) is 4.79 Å². The molecule has 4 heteroatoms. The maximum absolute atomic E-state index is 10.9. The number of carbonyl (C=O) groups excluding carboxylic acids is 1. The van der Waals surface area contributed by atoms with Gasteiger partial charge in [0.05, 0.1) is 10.5 Å². The van der Waals surface area contributed by atoms with Gasteiger partial charge in [0.15, 0.2) is 5.78 Å². The standard InChI is InChI=1S/C8H8O3S.C2H6/c1-4(9)6-2-5(10)3-7(12)8(6)11;1-2/h2-3,10-12H,1H3;1-2H3. The van der Waals surface area contributed by atoms with Crippen LogP contribution in [0.15, 0.2) is 17.0 Å². The van der Waals surface area contributed by atoms with E-state index in [9.17, 15) is 9.90 Å². The number of phenolic OH excluding ortho intramolecular Hbond substituents is 2. The molecule has 0 atom stereocenters. The van der Waals surface area contributed by atoms with Gasteiger partial charge in [-0.05, 0) is 19.1 Å². The minimum Gasteiger partial charge on any atom is -0.508 e. The third-order valence-electron chi connectivity index (χ3n) is 1.45. The Balaban J connectivity index is 0.000000791. The highest BCUT2D eigenvalue weighted by Crippen LogP contribution is 2.30. The molecular weight excluding hydrogens is 200 g/mol. The molecule has 0 aliphatic rings. The molecule has 3 nitrogen and oxygen atoms in total. The lowest BCUT2D eigenvalue weighted by atomic mass is 10.1. The number of Topliss-reactive ketones (excluding diaryl/α,β-unsaturated/α-hetero) is 1. The average Bonchev–Trinajstić information content (AvgIpc) is 2.14. The molecule has 0 fully saturated rings. The van der Waals surface area contributed by atoms with Gasteiger partial charge in [0.1, 0.15) is 11.5 Å². The quantitative estimate of drug-likeness (QED) is 0.382. The van der Waals surface area contributed by atoms with Gasteiger partial charge in [0.2, 0.25) is 0 Å². The lowest BCUT2D eigenvalue weighted by Gasteiger charge is -2.03. The van der Waals surface area contributed by atoms with E-state index in [-0.39, 0.29) is 27.7 Å². The SMILES string of the molecule is CC.CC(=O)c1cc(O)cc(S)c1O. The van der Waals surface area contributed by atoms with Gasteiger partial charge in [0.25, 0.3) is 0 Å². The lowest BCUT2D eigenvalue weighted by molar-refractivity contribution is 0.101. The first-order valence-electron chi connectivity index (χ1n) is 4.28. The zero-order chi connectivity index (χ0) is 11.3. The van der Waals surface area contributed by atoms with Crippen molar-refractivity contribution in [2.75, 3.05) is 0 Å². The van der Waals surface area contributed by atoms with Gasteiger partial charge in [-0.2, -0.15) is 0 Å². The molecule has 0 aromatic heterocycles. The molecule has 0 aliphatic carbocycles. The van der Waals surface area contributed by atoms with E-state index in [4.69, 9.17) is 5.11 Å². The monoisotopic (exact) mass is 214 g/mol. The van der Waals surface area contributed by atoms with Crippen molar-refractivity contribution in [2.45, 2.75) is 25.7 Å². The molecule has 14 heavy (non-hydrogen) atoms. The third-order valence-corrected chi connectivity index (χ3v) is 1.79. The normalized spacial score (nSPS) is 8.86. The maximum Gasteiger partial charge on any atom is 0.163 e. The summed E-state index contributed by atoms with van der Waals surface area (Å²) in [5.41, 5.74) is 0.0833. The van der Waals surface area contributed by atoms with Crippen LogP contribution in [-0.4, -0.2) is 16.0 Å². The fourth-order valence-electron chi connectivity index (χ4n) is 0.873. The number of carbonyl (C=O) groups is 1. The van der Waals surface area contributed by atoms with Crippen LogP contribution in [0.2, 0.25) is 0 Å². The zero-order valence-corrected chi connectivity index (χ0v) is 9.30. The summed E-state index contributed by atoms with van der Waals surface area (Å²) in [6.45, 7) is 5.31. The van der Waals surface area contributed by atoms with E-state index in [2.05, 4.69) is 12.6 Å². The number of rotatable bonds is 1. The predicted molar refractivity (Wildman–Crippen MR) is 58.4 cm³/mol. The van der Waals surface area contributed by atoms with E-state index in [0.717, 1.165) is 0 Å². The zero-order valence-electron chi connectivity index (χ0n) is 8.40. The molecule has 0 saturated carbocycles. The van der Waals surface area contributed by atoms with Crippen molar-refractivity contribution < 1.29 is 15.0 Å². The van der Waals surface area contributed by atoms with E-state index in [1.807, 2.05) is 13.8 Å². The van der Waals surface area contributed by atoms with E-state index in [1.165, 1.54) is 19.1 Å². The average molecular weight is 214 g/mol. The van der Waals surface area contributed by atoms with Crippen LogP contribution in [0, 0.1) is 0 Å². The molecule has 0 heterocycles. The Morgan fingerprint density at radius 2 is 1.79 bits per heavy atom. The van der Waals surface area contributed by atoms with Crippen molar-refractivity contribution in [3.05, 3.63) is 17.7 Å². The van der Waals surface area contributed by atoms with E-state index in [1.54, 1.807) is 0 Å². The first-order chi connectivity index (χ1) is 6.52. The first kappa shape index (κ1) is 12.8. The Kier molecular flexibility index (Phi) is 5.09. The molecule has 0 bridgehead atoms. The maximum atomic E-state index is 10.9. The largest absolute Gasteiger partial charge is 0.508 e. The number of phenols is 2. The molecule has 1 rings (SSSR count). The lowest BCUT2D eigenvalue weighted by Crippen LogP contribution is -1.92. The molecule has 78 valence electrons. The second-order valence-corrected chi connectivity index (χ2v) is 2.90. The van der Waals surface area contributed by atoms with Crippen LogP contribution in [0.25, 0.3) is 0 Å². The highest BCUT2D eigenvalue weighted by atomic mass is 32.1. The summed E-state index contributed by atoms with van der Waals surface area (Å²) >= 11 is 3.87. The molecule has 1 aromatic carbocycles. The summed E-state index contributed by atoms with van der Waals surface area (Å²) in [5.74, 6) is -0.578. The summed E-state index contributed by atoms with van der Waals surface area (Å²) in [6, 6.07) is 2.47. The van der Waals surface area contributed by atoms with Crippen LogP contribution in [0.3, 0.4) is 0 Å². The summed E-state index contributed by atoms with van der Waals surface area (Å²) in [5, 5.41) is 18.3. The van der Waals surface area contributed by atoms with Crippen molar-refractivity contribution in [3.63, 3.8) is 0 Å². The molecule has 0 saturated heterocycles. The van der Waals surface area contributed by atoms with Gasteiger partial charge in [-0.1, -0.05) is 13.8 Å². The third kappa shape index (κ3) is 2.96. The van der Waals surface area contributed by atoms with Crippen LogP contribution >= 0.6 is 12.6 Å². The minimum atomic E-state index is -0.307. The van der Waals surface area contributed by atoms with Gasteiger partial charge in [0, 0.05) is 0 Å². The summed E-state index contributed by atoms with van der Waals surface area (Å²) in [6.07, 6.45) is 0. The second kappa shape index (κ2) is 5.54. The summed E-state index contributed by atoms with van der Waals surface area (Å²) in [7, 11) is 0. The Labute approximate surface area is 88.8 Å². The van der Waals surface area contributed by atoms with Crippen molar-refractivity contribution in [2.24, 2.45) is 0 Å². The van der Waals surface area contributed by atoms with Gasteiger partial charge in [-0.15, -0.1) is 12.6 Å². The molecule has 1 aromatic rings. The Bertz CT molecular complexity index is 334. The van der Waals surface area contributed by atoms with Crippen LogP contribution in [0.5, 0.6) is 11.5 Å². The summed E-state index contributed by atoms with van der Waals surface area (Å²) < 4.78 is 0. The van der Waals surface area contributed by atoms with Gasteiger partial charge < -0.3 is 10.2 Å². The Hall–Kier alpha value is -1.16. The number of aromatic hydroxyl groups is 2. The highest BCUT2D eigenvalue weighted by Gasteiger charge is 2.10. The van der Waals surface area contributed by atoms with Gasteiger partial charge >= 0.3 is 0 Å². The molecule has 0 spiro atoms. The van der Waals surface area contributed by atoms with Crippen LogP contribution in [-0.2, 0) is 0 Å². The number of thiol groups is 1. The minimum absolute atomic E-state index is 0.0806. The molecule has 0 unspecified atom stereocenters. The molecule has 0 amide bonds. The fourth-order valence-corrected chi connectivity index (χ4v) is 1.13.